The monoisotopic (exact) mass is 244 g/mol. The number of carbonyl (C=O) groups excluding carboxylic acids is 3. The molecule has 0 aromatic heterocycles. The smallest absolute Gasteiger partial charge is 0.237 e. The van der Waals surface area contributed by atoms with Crippen molar-refractivity contribution in [2.24, 2.45) is 0 Å². The van der Waals surface area contributed by atoms with Gasteiger partial charge in [0.25, 0.3) is 0 Å². The van der Waals surface area contributed by atoms with Crippen LogP contribution < -0.4 is 16.0 Å². The van der Waals surface area contributed by atoms with Crippen LogP contribution in [0.15, 0.2) is 0 Å². The van der Waals surface area contributed by atoms with E-state index in [-0.39, 0.29) is 30.7 Å². The highest BCUT2D eigenvalue weighted by Gasteiger charge is 2.25. The van der Waals surface area contributed by atoms with Crippen molar-refractivity contribution in [1.29, 1.82) is 0 Å². The van der Waals surface area contributed by atoms with E-state index in [2.05, 4.69) is 16.0 Å². The summed E-state index contributed by atoms with van der Waals surface area (Å²) in [4.78, 5) is 35.6. The zero-order valence-corrected chi connectivity index (χ0v) is 10.7. The number of nitrogens with one attached hydrogen (secondary N) is 3. The largest absolute Gasteiger partial charge is 0.359 e. The van der Waals surface area contributed by atoms with Crippen LogP contribution in [0.4, 0.5) is 0 Å². The Bertz CT molecular complexity index is 293. The normalized spacial score (nSPS) is 11.8. The number of hydrogen-bond donors (Lipinski definition) is 3. The first kappa shape index (κ1) is 15.4. The van der Waals surface area contributed by atoms with Crippen molar-refractivity contribution in [1.82, 2.24) is 20.9 Å². The minimum absolute atomic E-state index is 0.0175. The predicted molar refractivity (Wildman–Crippen MR) is 63.2 cm³/mol. The van der Waals surface area contributed by atoms with Gasteiger partial charge in [-0.25, -0.2) is 0 Å². The van der Waals surface area contributed by atoms with Crippen molar-refractivity contribution in [3.63, 3.8) is 0 Å². The maximum atomic E-state index is 11.6. The third-order valence-electron chi connectivity index (χ3n) is 2.41. The molecule has 0 saturated carbocycles. The van der Waals surface area contributed by atoms with Gasteiger partial charge in [-0.05, 0) is 7.05 Å². The lowest BCUT2D eigenvalue weighted by Crippen LogP contribution is -2.49. The summed E-state index contributed by atoms with van der Waals surface area (Å²) in [6, 6.07) is -0.655. The van der Waals surface area contributed by atoms with Gasteiger partial charge >= 0.3 is 0 Å². The summed E-state index contributed by atoms with van der Waals surface area (Å²) in [5.74, 6) is -0.749. The first-order valence-corrected chi connectivity index (χ1v) is 5.29. The highest BCUT2D eigenvalue weighted by Crippen LogP contribution is 2.02. The SMILES string of the molecule is CNC(=O)CC(C(=O)NC)N(C)CC(=O)NC. The van der Waals surface area contributed by atoms with Gasteiger partial charge in [0, 0.05) is 21.1 Å². The van der Waals surface area contributed by atoms with E-state index < -0.39 is 6.04 Å². The molecule has 0 aromatic rings. The minimum atomic E-state index is -0.655. The Hall–Kier alpha value is -1.63. The lowest BCUT2D eigenvalue weighted by molar-refractivity contribution is -0.132. The van der Waals surface area contributed by atoms with Crippen LogP contribution in [0.1, 0.15) is 6.42 Å². The Morgan fingerprint density at radius 3 is 1.94 bits per heavy atom. The van der Waals surface area contributed by atoms with Gasteiger partial charge in [-0.3, -0.25) is 19.3 Å². The van der Waals surface area contributed by atoms with Gasteiger partial charge in [0.15, 0.2) is 0 Å². The van der Waals surface area contributed by atoms with E-state index in [1.54, 1.807) is 7.05 Å². The lowest BCUT2D eigenvalue weighted by Gasteiger charge is -2.25. The fourth-order valence-electron chi connectivity index (χ4n) is 1.31. The Kier molecular flexibility index (Phi) is 6.88. The van der Waals surface area contributed by atoms with E-state index in [0.717, 1.165) is 0 Å². The van der Waals surface area contributed by atoms with Crippen LogP contribution in [0, 0.1) is 0 Å². The van der Waals surface area contributed by atoms with Gasteiger partial charge in [0.2, 0.25) is 17.7 Å². The molecular formula is C10H20N4O3. The van der Waals surface area contributed by atoms with E-state index in [1.807, 2.05) is 0 Å². The average molecular weight is 244 g/mol. The molecule has 3 amide bonds. The first-order valence-electron chi connectivity index (χ1n) is 5.29. The molecule has 17 heavy (non-hydrogen) atoms. The van der Waals surface area contributed by atoms with E-state index >= 15 is 0 Å². The van der Waals surface area contributed by atoms with Gasteiger partial charge in [-0.2, -0.15) is 0 Å². The highest BCUT2D eigenvalue weighted by molar-refractivity contribution is 5.88. The maximum Gasteiger partial charge on any atom is 0.237 e. The van der Waals surface area contributed by atoms with Gasteiger partial charge < -0.3 is 16.0 Å². The quantitative estimate of drug-likeness (QED) is 0.500. The van der Waals surface area contributed by atoms with Crippen LogP contribution in [0.5, 0.6) is 0 Å². The molecule has 0 heterocycles. The van der Waals surface area contributed by atoms with Crippen molar-refractivity contribution in [2.75, 3.05) is 34.7 Å². The third-order valence-corrected chi connectivity index (χ3v) is 2.41. The maximum absolute atomic E-state index is 11.6. The number of carbonyl (C=O) groups is 3. The topological polar surface area (TPSA) is 90.5 Å². The van der Waals surface area contributed by atoms with Crippen molar-refractivity contribution < 1.29 is 14.4 Å². The molecule has 0 radical (unpaired) electrons. The molecule has 0 bridgehead atoms. The molecule has 98 valence electrons. The first-order chi connectivity index (χ1) is 7.96. The summed E-state index contributed by atoms with van der Waals surface area (Å²) in [6.07, 6.45) is 0.0175. The Labute approximate surface area is 101 Å². The molecule has 0 rings (SSSR count). The minimum Gasteiger partial charge on any atom is -0.359 e. The second kappa shape index (κ2) is 7.61. The standard InChI is InChI=1S/C10H20N4O3/c1-11-8(15)5-7(10(17)13-3)14(4)6-9(16)12-2/h7H,5-6H2,1-4H3,(H,11,15)(H,12,16)(H,13,17). The van der Waals surface area contributed by atoms with Gasteiger partial charge in [0.05, 0.1) is 19.0 Å². The van der Waals surface area contributed by atoms with E-state index in [1.165, 1.54) is 26.0 Å². The molecular weight excluding hydrogens is 224 g/mol. The van der Waals surface area contributed by atoms with Crippen molar-refractivity contribution in [3.8, 4) is 0 Å². The van der Waals surface area contributed by atoms with Gasteiger partial charge in [-0.1, -0.05) is 0 Å². The van der Waals surface area contributed by atoms with Gasteiger partial charge in [0.1, 0.15) is 0 Å². The van der Waals surface area contributed by atoms with E-state index in [0.29, 0.717) is 0 Å². The summed E-state index contributed by atoms with van der Waals surface area (Å²) in [5, 5.41) is 7.39. The molecule has 3 N–H and O–H groups in total. The summed E-state index contributed by atoms with van der Waals surface area (Å²) in [5.41, 5.74) is 0. The summed E-state index contributed by atoms with van der Waals surface area (Å²) < 4.78 is 0. The molecule has 1 atom stereocenters. The number of amides is 3. The number of likely N-dealkylation sites (N-methyl/N-ethyl adjacent to an activating group) is 3. The molecule has 0 aliphatic heterocycles. The molecule has 7 nitrogen and oxygen atoms in total. The molecule has 0 aromatic carbocycles. The molecule has 0 aliphatic carbocycles. The molecule has 1 unspecified atom stereocenters. The second-order valence-corrected chi connectivity index (χ2v) is 3.60. The van der Waals surface area contributed by atoms with E-state index in [4.69, 9.17) is 0 Å². The summed E-state index contributed by atoms with van der Waals surface area (Å²) in [7, 11) is 6.14. The van der Waals surface area contributed by atoms with Crippen LogP contribution in [-0.2, 0) is 14.4 Å². The summed E-state index contributed by atoms with van der Waals surface area (Å²) in [6.45, 7) is 0.0611. The Morgan fingerprint density at radius 1 is 1.00 bits per heavy atom. The molecule has 7 heteroatoms. The van der Waals surface area contributed by atoms with Crippen molar-refractivity contribution >= 4 is 17.7 Å². The number of rotatable bonds is 6. The average Bonchev–Trinajstić information content (AvgIpc) is 2.33. The summed E-state index contributed by atoms with van der Waals surface area (Å²) >= 11 is 0. The number of hydrogen-bond acceptors (Lipinski definition) is 4. The lowest BCUT2D eigenvalue weighted by atomic mass is 10.1. The van der Waals surface area contributed by atoms with Crippen LogP contribution in [0.3, 0.4) is 0 Å². The zero-order chi connectivity index (χ0) is 13.4. The van der Waals surface area contributed by atoms with E-state index in [9.17, 15) is 14.4 Å². The van der Waals surface area contributed by atoms with Crippen molar-refractivity contribution in [2.45, 2.75) is 12.5 Å². The fraction of sp³-hybridized carbons (Fsp3) is 0.700. The molecule has 0 fully saturated rings. The highest BCUT2D eigenvalue weighted by atomic mass is 16.2. The van der Waals surface area contributed by atoms with Crippen LogP contribution >= 0.6 is 0 Å². The molecule has 0 aliphatic rings. The van der Waals surface area contributed by atoms with Crippen LogP contribution in [-0.4, -0.2) is 63.4 Å². The molecule has 0 saturated heterocycles. The molecule has 0 spiro atoms. The van der Waals surface area contributed by atoms with Crippen LogP contribution in [0.25, 0.3) is 0 Å². The third kappa shape index (κ3) is 5.30. The van der Waals surface area contributed by atoms with Crippen molar-refractivity contribution in [3.05, 3.63) is 0 Å². The number of nitrogens with zero attached hydrogens (tertiary/aromatic N) is 1. The Balaban J connectivity index is 4.61. The Morgan fingerprint density at radius 2 is 1.53 bits per heavy atom. The van der Waals surface area contributed by atoms with Crippen LogP contribution in [0.2, 0.25) is 0 Å². The zero-order valence-electron chi connectivity index (χ0n) is 10.7. The predicted octanol–water partition coefficient (Wildman–Crippen LogP) is -2.09. The second-order valence-electron chi connectivity index (χ2n) is 3.60. The fourth-order valence-corrected chi connectivity index (χ4v) is 1.31. The van der Waals surface area contributed by atoms with Gasteiger partial charge in [-0.15, -0.1) is 0 Å².